The van der Waals surface area contributed by atoms with E-state index in [0.29, 0.717) is 31.3 Å². The van der Waals surface area contributed by atoms with Crippen LogP contribution in [0.1, 0.15) is 22.3 Å². The van der Waals surface area contributed by atoms with E-state index in [1.807, 2.05) is 53.9 Å². The first kappa shape index (κ1) is 16.5. The normalized spacial score (nSPS) is 17.5. The molecule has 0 saturated carbocycles. The van der Waals surface area contributed by atoms with Gasteiger partial charge in [0.05, 0.1) is 18.8 Å². The van der Waals surface area contributed by atoms with Crippen molar-refractivity contribution in [3.8, 4) is 0 Å². The molecular formula is C18H20N6O2. The topological polar surface area (TPSA) is 75.9 Å². The number of nitrogens with zero attached hydrogens (tertiary/aromatic N) is 6. The van der Waals surface area contributed by atoms with E-state index >= 15 is 0 Å². The second-order valence-electron chi connectivity index (χ2n) is 6.38. The molecule has 0 N–H and O–H groups in total. The van der Waals surface area contributed by atoms with Gasteiger partial charge in [0.2, 0.25) is 5.95 Å². The number of carbonyl (C=O) groups is 1. The Hall–Kier alpha value is -3.00. The maximum absolute atomic E-state index is 12.9. The summed E-state index contributed by atoms with van der Waals surface area (Å²) >= 11 is 0. The van der Waals surface area contributed by atoms with Crippen molar-refractivity contribution in [1.29, 1.82) is 0 Å². The number of pyridine rings is 1. The minimum atomic E-state index is -0.272. The number of aromatic nitrogens is 4. The van der Waals surface area contributed by atoms with Gasteiger partial charge in [0.1, 0.15) is 17.4 Å². The molecule has 1 saturated heterocycles. The van der Waals surface area contributed by atoms with Crippen LogP contribution >= 0.6 is 0 Å². The minimum Gasteiger partial charge on any atom is -0.368 e. The summed E-state index contributed by atoms with van der Waals surface area (Å²) in [6, 6.07) is 7.52. The Kier molecular flexibility index (Phi) is 4.26. The lowest BCUT2D eigenvalue weighted by molar-refractivity contribution is -0.0249. The van der Waals surface area contributed by atoms with Crippen molar-refractivity contribution >= 4 is 17.5 Å². The van der Waals surface area contributed by atoms with Crippen LogP contribution in [0.15, 0.2) is 42.9 Å². The predicted octanol–water partition coefficient (Wildman–Crippen LogP) is 1.40. The van der Waals surface area contributed by atoms with Crippen molar-refractivity contribution in [1.82, 2.24) is 24.3 Å². The average Bonchev–Trinajstić information content (AvgIpc) is 3.12. The predicted molar refractivity (Wildman–Crippen MR) is 96.1 cm³/mol. The Labute approximate surface area is 151 Å². The molecule has 0 bridgehead atoms. The highest BCUT2D eigenvalue weighted by Gasteiger charge is 2.28. The van der Waals surface area contributed by atoms with E-state index in [1.165, 1.54) is 0 Å². The number of carbonyl (C=O) groups excluding carboxylic acids is 1. The largest absolute Gasteiger partial charge is 0.368 e. The van der Waals surface area contributed by atoms with Gasteiger partial charge in [0, 0.05) is 39.2 Å². The molecule has 26 heavy (non-hydrogen) atoms. The minimum absolute atomic E-state index is 0.0936. The molecule has 0 aliphatic carbocycles. The Balaban J connectivity index is 1.54. The fraction of sp³-hybridized carbons (Fsp3) is 0.333. The molecule has 1 amide bonds. The van der Waals surface area contributed by atoms with Crippen molar-refractivity contribution in [2.45, 2.75) is 6.10 Å². The number of hydrogen-bond donors (Lipinski definition) is 0. The Morgan fingerprint density at radius 1 is 1.27 bits per heavy atom. The second kappa shape index (κ2) is 6.72. The van der Waals surface area contributed by atoms with Crippen molar-refractivity contribution in [3.63, 3.8) is 0 Å². The van der Waals surface area contributed by atoms with Crippen LogP contribution in [-0.4, -0.2) is 64.0 Å². The summed E-state index contributed by atoms with van der Waals surface area (Å²) in [6.45, 7) is 1.44. The van der Waals surface area contributed by atoms with Crippen LogP contribution in [-0.2, 0) is 4.74 Å². The van der Waals surface area contributed by atoms with Crippen LogP contribution in [0.4, 0.5) is 5.95 Å². The van der Waals surface area contributed by atoms with Crippen molar-refractivity contribution in [3.05, 3.63) is 54.2 Å². The highest BCUT2D eigenvalue weighted by molar-refractivity contribution is 5.93. The van der Waals surface area contributed by atoms with Gasteiger partial charge in [-0.05, 0) is 18.2 Å². The molecule has 1 atom stereocenters. The van der Waals surface area contributed by atoms with Gasteiger partial charge in [-0.3, -0.25) is 4.79 Å². The van der Waals surface area contributed by atoms with Crippen LogP contribution in [0.5, 0.6) is 0 Å². The summed E-state index contributed by atoms with van der Waals surface area (Å²) in [5.74, 6) is 0.527. The fourth-order valence-electron chi connectivity index (χ4n) is 2.97. The van der Waals surface area contributed by atoms with E-state index in [0.717, 1.165) is 11.3 Å². The van der Waals surface area contributed by atoms with Gasteiger partial charge in [-0.2, -0.15) is 0 Å². The summed E-state index contributed by atoms with van der Waals surface area (Å²) in [5, 5.41) is 0. The number of amides is 1. The quantitative estimate of drug-likeness (QED) is 0.709. The first-order valence-corrected chi connectivity index (χ1v) is 8.47. The van der Waals surface area contributed by atoms with Crippen molar-refractivity contribution in [2.24, 2.45) is 0 Å². The molecule has 4 rings (SSSR count). The first-order valence-electron chi connectivity index (χ1n) is 8.47. The van der Waals surface area contributed by atoms with Crippen molar-refractivity contribution < 1.29 is 9.53 Å². The molecule has 8 nitrogen and oxygen atoms in total. The molecule has 0 aromatic carbocycles. The second-order valence-corrected chi connectivity index (χ2v) is 6.38. The molecule has 4 heterocycles. The zero-order valence-electron chi connectivity index (χ0n) is 14.7. The number of imidazole rings is 1. The Bertz CT molecular complexity index is 905. The third-order valence-corrected chi connectivity index (χ3v) is 4.33. The van der Waals surface area contributed by atoms with Gasteiger partial charge in [0.15, 0.2) is 0 Å². The van der Waals surface area contributed by atoms with E-state index in [9.17, 15) is 4.79 Å². The van der Waals surface area contributed by atoms with E-state index in [1.54, 1.807) is 17.3 Å². The van der Waals surface area contributed by atoms with E-state index in [-0.39, 0.29) is 12.0 Å². The molecule has 3 aromatic heterocycles. The molecule has 3 aromatic rings. The number of rotatable bonds is 3. The van der Waals surface area contributed by atoms with E-state index in [2.05, 4.69) is 15.0 Å². The Morgan fingerprint density at radius 3 is 2.96 bits per heavy atom. The molecule has 1 aliphatic heterocycles. The monoisotopic (exact) mass is 352 g/mol. The van der Waals surface area contributed by atoms with Gasteiger partial charge >= 0.3 is 0 Å². The summed E-state index contributed by atoms with van der Waals surface area (Å²) in [4.78, 5) is 29.7. The van der Waals surface area contributed by atoms with Crippen LogP contribution in [0.3, 0.4) is 0 Å². The zero-order chi connectivity index (χ0) is 18.1. The van der Waals surface area contributed by atoms with Gasteiger partial charge in [0.25, 0.3) is 5.91 Å². The van der Waals surface area contributed by atoms with Gasteiger partial charge in [-0.1, -0.05) is 6.07 Å². The van der Waals surface area contributed by atoms with Gasteiger partial charge in [-0.15, -0.1) is 0 Å². The molecule has 134 valence electrons. The molecule has 0 radical (unpaired) electrons. The summed E-state index contributed by atoms with van der Waals surface area (Å²) in [6.07, 6.45) is 5.08. The van der Waals surface area contributed by atoms with Gasteiger partial charge < -0.3 is 18.9 Å². The summed E-state index contributed by atoms with van der Waals surface area (Å²) in [7, 11) is 3.78. The maximum Gasteiger partial charge on any atom is 0.274 e. The van der Waals surface area contributed by atoms with Crippen LogP contribution in [0.25, 0.3) is 5.65 Å². The Morgan fingerprint density at radius 2 is 2.15 bits per heavy atom. The highest BCUT2D eigenvalue weighted by Crippen LogP contribution is 2.22. The third kappa shape index (κ3) is 3.11. The number of ether oxygens (including phenoxy) is 1. The van der Waals surface area contributed by atoms with Crippen molar-refractivity contribution in [2.75, 3.05) is 38.7 Å². The third-order valence-electron chi connectivity index (χ3n) is 4.33. The van der Waals surface area contributed by atoms with Crippen LogP contribution in [0, 0.1) is 0 Å². The smallest absolute Gasteiger partial charge is 0.274 e. The summed E-state index contributed by atoms with van der Waals surface area (Å²) in [5.41, 5.74) is 1.97. The lowest BCUT2D eigenvalue weighted by Gasteiger charge is -2.32. The fourth-order valence-corrected chi connectivity index (χ4v) is 2.97. The molecule has 8 heteroatoms. The average molecular weight is 352 g/mol. The molecule has 1 fully saturated rings. The van der Waals surface area contributed by atoms with E-state index in [4.69, 9.17) is 4.74 Å². The standard InChI is InChI=1S/C18H20N6O2/c1-22(2)18-19-7-6-13(21-18)15-12-24(9-10-26-15)17(25)14-11-23-8-4-3-5-16(23)20-14/h3-8,11,15H,9-10,12H2,1-2H3. The van der Waals surface area contributed by atoms with Crippen LogP contribution in [0.2, 0.25) is 0 Å². The zero-order valence-corrected chi connectivity index (χ0v) is 14.7. The highest BCUT2D eigenvalue weighted by atomic mass is 16.5. The maximum atomic E-state index is 12.9. The molecule has 1 aliphatic rings. The first-order chi connectivity index (χ1) is 12.6. The number of morpholine rings is 1. The summed E-state index contributed by atoms with van der Waals surface area (Å²) < 4.78 is 7.69. The van der Waals surface area contributed by atoms with Gasteiger partial charge in [-0.25, -0.2) is 15.0 Å². The lowest BCUT2D eigenvalue weighted by Crippen LogP contribution is -2.42. The molecule has 1 unspecified atom stereocenters. The number of fused-ring (bicyclic) bond motifs is 1. The van der Waals surface area contributed by atoms with E-state index < -0.39 is 0 Å². The number of anilines is 1. The lowest BCUT2D eigenvalue weighted by atomic mass is 10.2. The SMILES string of the molecule is CN(C)c1nccc(C2CN(C(=O)c3cn4ccccc4n3)CCO2)n1. The molecule has 0 spiro atoms. The molecular weight excluding hydrogens is 332 g/mol. The van der Waals surface area contributed by atoms with Crippen LogP contribution < -0.4 is 4.90 Å². The number of hydrogen-bond acceptors (Lipinski definition) is 6.